The summed E-state index contributed by atoms with van der Waals surface area (Å²) in [5.74, 6) is -4.11. The average molecular weight is 742 g/mol. The predicted octanol–water partition coefficient (Wildman–Crippen LogP) is 7.10. The Balaban J connectivity index is 0.000000679. The van der Waals surface area contributed by atoms with Crippen LogP contribution in [0.2, 0.25) is 0 Å². The van der Waals surface area contributed by atoms with E-state index in [-0.39, 0.29) is 24.2 Å². The molecule has 3 heterocycles. The first-order valence-corrected chi connectivity index (χ1v) is 16.1. The maximum atomic E-state index is 15.1. The highest BCUT2D eigenvalue weighted by Gasteiger charge is 2.38. The molecular formula is C34H28F5N7O5S. The third-order valence-electron chi connectivity index (χ3n) is 7.50. The SMILES string of the molecule is COc1ccccc1CCNc1nc(-c2cc(C(=O)Nc3nccs3)ccc2C)c2c(n1)N(c1c(F)cccc1F)C(=O)NC2.O=C(O)C(F)(F)F. The molecule has 0 aliphatic carbocycles. The van der Waals surface area contributed by atoms with Crippen molar-refractivity contribution < 1.29 is 46.2 Å². The number of hydrogen-bond acceptors (Lipinski definition) is 9. The van der Waals surface area contributed by atoms with E-state index < -0.39 is 35.5 Å². The number of benzene rings is 3. The molecule has 0 atom stereocenters. The largest absolute Gasteiger partial charge is 0.496 e. The molecule has 0 bridgehead atoms. The molecule has 0 spiro atoms. The highest BCUT2D eigenvalue weighted by atomic mass is 32.1. The molecule has 0 saturated heterocycles. The molecule has 0 unspecified atom stereocenters. The Morgan fingerprint density at radius 3 is 2.42 bits per heavy atom. The zero-order valence-corrected chi connectivity index (χ0v) is 28.0. The lowest BCUT2D eigenvalue weighted by Crippen LogP contribution is -2.43. The van der Waals surface area contributed by atoms with Gasteiger partial charge in [-0.1, -0.05) is 30.3 Å². The number of urea groups is 1. The Morgan fingerprint density at radius 1 is 1.06 bits per heavy atom. The van der Waals surface area contributed by atoms with Crippen molar-refractivity contribution in [2.24, 2.45) is 0 Å². The molecule has 1 aliphatic rings. The number of alkyl halides is 3. The molecule has 0 fully saturated rings. The topological polar surface area (TPSA) is 159 Å². The fraction of sp³-hybridized carbons (Fsp3) is 0.176. The van der Waals surface area contributed by atoms with Gasteiger partial charge in [-0.15, -0.1) is 11.3 Å². The minimum atomic E-state index is -5.08. The zero-order valence-electron chi connectivity index (χ0n) is 27.2. The standard InChI is InChI=1S/C32H27F2N7O3S.C2HF3O2/c1-18-10-11-20(29(42)40-31-36-14-15-45-31)16-21(18)26-22-17-37-32(43)41(27-23(33)7-5-8-24(27)34)28(22)39-30(38-26)35-13-12-19-6-3-4-9-25(19)44-2;3-2(4,5)1(6)7/h3-11,14-16H,12-13,17H2,1-2H3,(H,37,43)(H,35,38,39)(H,36,40,42);(H,6,7). The van der Waals surface area contributed by atoms with Crippen LogP contribution in [-0.2, 0) is 17.8 Å². The number of anilines is 4. The van der Waals surface area contributed by atoms with E-state index in [0.29, 0.717) is 40.5 Å². The molecule has 52 heavy (non-hydrogen) atoms. The van der Waals surface area contributed by atoms with E-state index in [4.69, 9.17) is 19.6 Å². The predicted molar refractivity (Wildman–Crippen MR) is 182 cm³/mol. The number of carboxylic acids is 1. The quantitative estimate of drug-likeness (QED) is 0.116. The first-order chi connectivity index (χ1) is 24.8. The van der Waals surface area contributed by atoms with Crippen molar-refractivity contribution in [1.29, 1.82) is 0 Å². The Morgan fingerprint density at radius 2 is 1.77 bits per heavy atom. The molecule has 6 rings (SSSR count). The maximum absolute atomic E-state index is 15.1. The number of methoxy groups -OCH3 is 1. The summed E-state index contributed by atoms with van der Waals surface area (Å²) < 4.78 is 67.3. The van der Waals surface area contributed by atoms with Crippen molar-refractivity contribution in [3.63, 3.8) is 0 Å². The third kappa shape index (κ3) is 8.40. The van der Waals surface area contributed by atoms with Gasteiger partial charge in [-0.2, -0.15) is 18.2 Å². The lowest BCUT2D eigenvalue weighted by atomic mass is 9.97. The lowest BCUT2D eigenvalue weighted by Gasteiger charge is -2.31. The van der Waals surface area contributed by atoms with E-state index in [0.717, 1.165) is 33.9 Å². The van der Waals surface area contributed by atoms with Gasteiger partial charge in [0.05, 0.1) is 19.3 Å². The number of halogens is 5. The van der Waals surface area contributed by atoms with Crippen LogP contribution in [0.5, 0.6) is 5.75 Å². The molecule has 5 aromatic rings. The number of nitrogens with one attached hydrogen (secondary N) is 3. The first-order valence-electron chi connectivity index (χ1n) is 15.2. The minimum absolute atomic E-state index is 0.00740. The maximum Gasteiger partial charge on any atom is 0.490 e. The molecule has 1 aliphatic heterocycles. The number of amides is 3. The van der Waals surface area contributed by atoms with Gasteiger partial charge in [0.15, 0.2) is 10.9 Å². The van der Waals surface area contributed by atoms with E-state index in [1.807, 2.05) is 31.2 Å². The second-order valence-electron chi connectivity index (χ2n) is 10.9. The second kappa shape index (κ2) is 15.8. The molecule has 18 heteroatoms. The summed E-state index contributed by atoms with van der Waals surface area (Å²) in [5, 5.41) is 18.0. The van der Waals surface area contributed by atoms with Gasteiger partial charge in [-0.05, 0) is 54.8 Å². The van der Waals surface area contributed by atoms with E-state index >= 15 is 8.78 Å². The summed E-state index contributed by atoms with van der Waals surface area (Å²) in [7, 11) is 1.60. The number of carbonyl (C=O) groups excluding carboxylic acids is 2. The number of thiazole rings is 1. The second-order valence-corrected chi connectivity index (χ2v) is 11.8. The van der Waals surface area contributed by atoms with Crippen LogP contribution in [0.15, 0.2) is 72.2 Å². The van der Waals surface area contributed by atoms with Gasteiger partial charge in [-0.25, -0.2) is 33.2 Å². The van der Waals surface area contributed by atoms with Gasteiger partial charge in [0.25, 0.3) is 5.91 Å². The first kappa shape index (κ1) is 37.1. The molecule has 0 saturated carbocycles. The molecule has 270 valence electrons. The van der Waals surface area contributed by atoms with Crippen LogP contribution in [0, 0.1) is 18.6 Å². The van der Waals surface area contributed by atoms with Crippen molar-refractivity contribution in [3.05, 3.63) is 106 Å². The summed E-state index contributed by atoms with van der Waals surface area (Å²) in [5.41, 5.74) is 2.92. The van der Waals surface area contributed by atoms with Crippen LogP contribution >= 0.6 is 11.3 Å². The van der Waals surface area contributed by atoms with Crippen LogP contribution in [0.3, 0.4) is 0 Å². The number of para-hydroxylation sites is 2. The number of hydrogen-bond donors (Lipinski definition) is 4. The van der Waals surface area contributed by atoms with Gasteiger partial charge in [-0.3, -0.25) is 10.1 Å². The number of carboxylic acid groups (broad SMARTS) is 1. The van der Waals surface area contributed by atoms with E-state index in [9.17, 15) is 22.8 Å². The average Bonchev–Trinajstić information content (AvgIpc) is 3.62. The van der Waals surface area contributed by atoms with Crippen LogP contribution in [0.4, 0.5) is 49.3 Å². The number of nitrogens with zero attached hydrogens (tertiary/aromatic N) is 4. The number of ether oxygens (including phenoxy) is 1. The summed E-state index contributed by atoms with van der Waals surface area (Å²) >= 11 is 1.29. The number of fused-ring (bicyclic) bond motifs is 1. The van der Waals surface area contributed by atoms with Gasteiger partial charge in [0.2, 0.25) is 5.95 Å². The van der Waals surface area contributed by atoms with Crippen molar-refractivity contribution in [2.75, 3.05) is 29.2 Å². The third-order valence-corrected chi connectivity index (χ3v) is 8.19. The van der Waals surface area contributed by atoms with E-state index in [1.165, 1.54) is 17.4 Å². The van der Waals surface area contributed by atoms with Crippen LogP contribution < -0.4 is 25.6 Å². The van der Waals surface area contributed by atoms with Gasteiger partial charge in [0, 0.05) is 34.8 Å². The minimum Gasteiger partial charge on any atom is -0.496 e. The normalized spacial score (nSPS) is 12.2. The summed E-state index contributed by atoms with van der Waals surface area (Å²) in [4.78, 5) is 49.6. The molecule has 0 radical (unpaired) electrons. The van der Waals surface area contributed by atoms with Gasteiger partial charge in [0.1, 0.15) is 23.1 Å². The monoisotopic (exact) mass is 741 g/mol. The Kier molecular flexibility index (Phi) is 11.3. The van der Waals surface area contributed by atoms with Crippen LogP contribution in [-0.4, -0.2) is 57.8 Å². The molecular weight excluding hydrogens is 713 g/mol. The fourth-order valence-corrected chi connectivity index (χ4v) is 5.59. The van der Waals surface area contributed by atoms with E-state index in [2.05, 4.69) is 25.9 Å². The van der Waals surface area contributed by atoms with Crippen LogP contribution in [0.1, 0.15) is 27.0 Å². The molecule has 2 aromatic heterocycles. The summed E-state index contributed by atoms with van der Waals surface area (Å²) in [6, 6.07) is 15.4. The number of aryl methyl sites for hydroxylation is 1. The number of aliphatic carboxylic acids is 1. The Hall–Kier alpha value is -6.17. The van der Waals surface area contributed by atoms with Crippen LogP contribution in [0.25, 0.3) is 11.3 Å². The van der Waals surface area contributed by atoms with E-state index in [1.54, 1.807) is 36.9 Å². The number of rotatable bonds is 9. The Labute approximate surface area is 296 Å². The van der Waals surface area contributed by atoms with Crippen molar-refractivity contribution >= 4 is 51.8 Å². The van der Waals surface area contributed by atoms with Crippen molar-refractivity contribution in [3.8, 4) is 17.0 Å². The molecule has 4 N–H and O–H groups in total. The fourth-order valence-electron chi connectivity index (χ4n) is 5.06. The molecule has 12 nitrogen and oxygen atoms in total. The molecule has 3 amide bonds. The van der Waals surface area contributed by atoms with Crippen molar-refractivity contribution in [1.82, 2.24) is 20.3 Å². The number of aromatic nitrogens is 3. The summed E-state index contributed by atoms with van der Waals surface area (Å²) in [6.45, 7) is 2.23. The highest BCUT2D eigenvalue weighted by Crippen LogP contribution is 2.39. The summed E-state index contributed by atoms with van der Waals surface area (Å²) in [6.07, 6.45) is -2.94. The Bertz CT molecular complexity index is 2100. The smallest absolute Gasteiger partial charge is 0.490 e. The van der Waals surface area contributed by atoms with Gasteiger partial charge < -0.3 is 20.5 Å². The van der Waals surface area contributed by atoms with Crippen molar-refractivity contribution in [2.45, 2.75) is 26.1 Å². The van der Waals surface area contributed by atoms with Gasteiger partial charge >= 0.3 is 18.2 Å². The highest BCUT2D eigenvalue weighted by molar-refractivity contribution is 7.13. The number of carbonyl (C=O) groups is 3. The zero-order chi connectivity index (χ0) is 37.6. The molecule has 3 aromatic carbocycles. The lowest BCUT2D eigenvalue weighted by molar-refractivity contribution is -0.192.